The zero-order valence-corrected chi connectivity index (χ0v) is 38.5. The Morgan fingerprint density at radius 3 is 1.87 bits per heavy atom. The summed E-state index contributed by atoms with van der Waals surface area (Å²) in [7, 11) is 1.04. The van der Waals surface area contributed by atoms with Gasteiger partial charge in [0.25, 0.3) is 0 Å². The molecule has 320 valence electrons. The van der Waals surface area contributed by atoms with E-state index in [-0.39, 0.29) is 11.3 Å². The van der Waals surface area contributed by atoms with Crippen LogP contribution in [-0.2, 0) is 10.8 Å². The lowest BCUT2D eigenvalue weighted by molar-refractivity contribution is 0.658. The molecule has 0 N–H and O–H groups in total. The van der Waals surface area contributed by atoms with Gasteiger partial charge in [0.1, 0.15) is 0 Å². The number of allylic oxidation sites excluding steroid dienone is 4. The Balaban J connectivity index is 0.867. The van der Waals surface area contributed by atoms with E-state index in [0.717, 1.165) is 7.28 Å². The Hall–Kier alpha value is -7.74. The van der Waals surface area contributed by atoms with Gasteiger partial charge in [-0.1, -0.05) is 250 Å². The Morgan fingerprint density at radius 1 is 0.441 bits per heavy atom. The molecule has 0 fully saturated rings. The molecule has 3 atom stereocenters. The highest BCUT2D eigenvalue weighted by Crippen LogP contribution is 2.57. The lowest BCUT2D eigenvalue weighted by atomic mass is 9.60. The van der Waals surface area contributed by atoms with Crippen molar-refractivity contribution in [2.24, 2.45) is 0 Å². The highest BCUT2D eigenvalue weighted by atomic mass is 14.5. The summed E-state index contributed by atoms with van der Waals surface area (Å²) in [5.41, 5.74) is 22.5. The predicted octanol–water partition coefficient (Wildman–Crippen LogP) is 15.6. The van der Waals surface area contributed by atoms with Crippen LogP contribution >= 0.6 is 0 Å². The molecule has 14 rings (SSSR count). The number of hydrogen-bond acceptors (Lipinski definition) is 0. The van der Waals surface area contributed by atoms with Crippen LogP contribution in [0.1, 0.15) is 75.8 Å². The second kappa shape index (κ2) is 14.9. The van der Waals surface area contributed by atoms with Crippen molar-refractivity contribution in [1.29, 1.82) is 0 Å². The summed E-state index contributed by atoms with van der Waals surface area (Å²) in [6.45, 7) is 4.80. The van der Waals surface area contributed by atoms with E-state index in [0.29, 0.717) is 11.7 Å². The first-order valence-corrected chi connectivity index (χ1v) is 24.5. The fourth-order valence-corrected chi connectivity index (χ4v) is 13.3. The van der Waals surface area contributed by atoms with Crippen LogP contribution in [0.2, 0.25) is 5.82 Å². The second-order valence-corrected chi connectivity index (χ2v) is 20.3. The van der Waals surface area contributed by atoms with E-state index < -0.39 is 5.41 Å². The highest BCUT2D eigenvalue weighted by Gasteiger charge is 2.46. The second-order valence-electron chi connectivity index (χ2n) is 20.3. The third kappa shape index (κ3) is 5.69. The van der Waals surface area contributed by atoms with Crippen molar-refractivity contribution < 1.29 is 0 Å². The van der Waals surface area contributed by atoms with Crippen molar-refractivity contribution in [3.63, 3.8) is 0 Å². The Morgan fingerprint density at radius 2 is 1.06 bits per heavy atom. The van der Waals surface area contributed by atoms with E-state index in [2.05, 4.69) is 250 Å². The van der Waals surface area contributed by atoms with E-state index >= 15 is 0 Å². The van der Waals surface area contributed by atoms with Crippen molar-refractivity contribution in [1.82, 2.24) is 0 Å². The molecule has 0 aromatic heterocycles. The first-order valence-electron chi connectivity index (χ1n) is 24.5. The molecule has 1 heterocycles. The molecule has 0 saturated carbocycles. The summed E-state index contributed by atoms with van der Waals surface area (Å²) in [4.78, 5) is 0. The van der Waals surface area contributed by atoms with Crippen molar-refractivity contribution in [3.05, 3.63) is 292 Å². The summed E-state index contributed by atoms with van der Waals surface area (Å²) in [5, 5.41) is 5.19. The maximum absolute atomic E-state index is 2.64. The van der Waals surface area contributed by atoms with Gasteiger partial charge < -0.3 is 0 Å². The van der Waals surface area contributed by atoms with E-state index in [1.807, 2.05) is 0 Å². The van der Waals surface area contributed by atoms with Crippen molar-refractivity contribution in [3.8, 4) is 33.4 Å². The summed E-state index contributed by atoms with van der Waals surface area (Å²) in [6.07, 6.45) is 7.64. The third-order valence-electron chi connectivity index (χ3n) is 16.5. The van der Waals surface area contributed by atoms with E-state index in [9.17, 15) is 0 Å². The molecule has 1 heteroatoms. The topological polar surface area (TPSA) is 0 Å². The summed E-state index contributed by atoms with van der Waals surface area (Å²) in [5.74, 6) is 0.835. The van der Waals surface area contributed by atoms with Crippen LogP contribution in [0.15, 0.2) is 242 Å². The summed E-state index contributed by atoms with van der Waals surface area (Å²) in [6, 6.07) is 82.9. The molecule has 1 aliphatic heterocycles. The quantitative estimate of drug-likeness (QED) is 0.115. The fourth-order valence-electron chi connectivity index (χ4n) is 13.3. The van der Waals surface area contributed by atoms with Crippen LogP contribution in [0.4, 0.5) is 0 Å². The monoisotopic (exact) mass is 864 g/mol. The molecule has 3 aliphatic carbocycles. The maximum atomic E-state index is 2.64. The summed E-state index contributed by atoms with van der Waals surface area (Å²) >= 11 is 0. The van der Waals surface area contributed by atoms with Crippen LogP contribution in [0.25, 0.3) is 54.9 Å². The number of rotatable bonds is 6. The third-order valence-corrected chi connectivity index (χ3v) is 16.5. The first kappa shape index (κ1) is 39.4. The first-order chi connectivity index (χ1) is 33.4. The molecular formula is C67H49B. The van der Waals surface area contributed by atoms with Crippen molar-refractivity contribution in [2.45, 2.75) is 42.3 Å². The van der Waals surface area contributed by atoms with E-state index in [1.165, 1.54) is 116 Å². The minimum absolute atomic E-state index is 0.0769. The molecule has 3 unspecified atom stereocenters. The molecule has 0 nitrogen and oxygen atoms in total. The van der Waals surface area contributed by atoms with Gasteiger partial charge in [-0.25, -0.2) is 0 Å². The fraction of sp³-hybridized carbons (Fsp3) is 0.104. The predicted molar refractivity (Wildman–Crippen MR) is 287 cm³/mol. The van der Waals surface area contributed by atoms with Gasteiger partial charge in [0.05, 0.1) is 5.41 Å². The smallest absolute Gasteiger partial charge is 0.0874 e. The minimum atomic E-state index is -0.421. The lowest BCUT2D eigenvalue weighted by Crippen LogP contribution is -2.28. The average Bonchev–Trinajstić information content (AvgIpc) is 3.99. The van der Waals surface area contributed by atoms with Crippen LogP contribution in [-0.4, -0.2) is 7.28 Å². The normalized spacial score (nSPS) is 17.9. The number of fused-ring (bicyclic) bond motifs is 12. The van der Waals surface area contributed by atoms with Crippen LogP contribution in [0.5, 0.6) is 0 Å². The van der Waals surface area contributed by atoms with Crippen molar-refractivity contribution in [2.75, 3.05) is 0 Å². The highest BCUT2D eigenvalue weighted by molar-refractivity contribution is 6.58. The van der Waals surface area contributed by atoms with Gasteiger partial charge in [-0.05, 0) is 122 Å². The lowest BCUT2D eigenvalue weighted by Gasteiger charge is -2.34. The average molecular weight is 865 g/mol. The molecule has 0 saturated heterocycles. The van der Waals surface area contributed by atoms with Gasteiger partial charge in [0.15, 0.2) is 7.28 Å². The molecule has 68 heavy (non-hydrogen) atoms. The van der Waals surface area contributed by atoms with Crippen LogP contribution < -0.4 is 5.46 Å². The molecular weight excluding hydrogens is 816 g/mol. The largest absolute Gasteiger partial charge is 0.166 e. The standard InChI is InChI=1S/C67H49B/c1-66(2)59-24-11-8-21-53(59)56-34-31-48(40-62(56)66)65(46-30-33-52-45(37-46)28-27-42-15-6-7-20-51(42)52)47-32-36-63-58(39-47)57-35-29-44(41-64(57)68-63)43-16-14-19-50(38-43)67(49-17-4-3-5-18-49)60-25-12-9-22-54(60)55-23-10-13-26-61(55)67/h3-41,58,63,65,68H,1-2H3. The molecule has 0 bridgehead atoms. The Labute approximate surface area is 400 Å². The molecule has 10 aromatic carbocycles. The van der Waals surface area contributed by atoms with Crippen LogP contribution in [0, 0.1) is 0 Å². The number of hydrogen-bond donors (Lipinski definition) is 0. The molecule has 0 spiro atoms. The molecule has 4 aliphatic rings. The van der Waals surface area contributed by atoms with Crippen molar-refractivity contribution >= 4 is 34.3 Å². The Bertz CT molecular complexity index is 3730. The summed E-state index contributed by atoms with van der Waals surface area (Å²) < 4.78 is 0. The zero-order valence-electron chi connectivity index (χ0n) is 38.5. The van der Waals surface area contributed by atoms with E-state index in [4.69, 9.17) is 0 Å². The zero-order chi connectivity index (χ0) is 45.1. The van der Waals surface area contributed by atoms with E-state index in [1.54, 1.807) is 0 Å². The van der Waals surface area contributed by atoms with Gasteiger partial charge in [0.2, 0.25) is 0 Å². The van der Waals surface area contributed by atoms with Gasteiger partial charge in [-0.2, -0.15) is 0 Å². The minimum Gasteiger partial charge on any atom is -0.0874 e. The van der Waals surface area contributed by atoms with Gasteiger partial charge in [-0.15, -0.1) is 0 Å². The van der Waals surface area contributed by atoms with Gasteiger partial charge >= 0.3 is 0 Å². The number of benzene rings is 10. The van der Waals surface area contributed by atoms with Crippen LogP contribution in [0.3, 0.4) is 0 Å². The SMILES string of the molecule is CC1(C)c2ccccc2-c2ccc(C(C3=CC4c5ccc(-c6cccc(C7(c8ccccc8)c8ccccc8-c8ccccc87)c6)cc5BC4C=C3)c3ccc4c(ccc5ccccc54)c3)cc21. The van der Waals surface area contributed by atoms with Gasteiger partial charge in [0, 0.05) is 17.3 Å². The van der Waals surface area contributed by atoms with Gasteiger partial charge in [-0.3, -0.25) is 0 Å². The maximum Gasteiger partial charge on any atom is 0.166 e. The molecule has 0 amide bonds. The Kier molecular flexibility index (Phi) is 8.63. The molecule has 0 radical (unpaired) electrons. The molecule has 10 aromatic rings.